The lowest BCUT2D eigenvalue weighted by molar-refractivity contribution is 0.0331. The molecule has 0 aliphatic heterocycles. The van der Waals surface area contributed by atoms with Gasteiger partial charge in [0.15, 0.2) is 0 Å². The van der Waals surface area contributed by atoms with Gasteiger partial charge in [0.05, 0.1) is 6.10 Å². The Morgan fingerprint density at radius 3 is 2.29 bits per heavy atom. The van der Waals surface area contributed by atoms with Crippen LogP contribution >= 0.6 is 11.6 Å². The molecule has 0 radical (unpaired) electrons. The molecule has 3 N–H and O–H groups in total. The smallest absolute Gasteiger partial charge is 0.130 e. The molecular weight excluding hydrogens is 289 g/mol. The van der Waals surface area contributed by atoms with E-state index in [0.29, 0.717) is 12.8 Å². The van der Waals surface area contributed by atoms with Crippen LogP contribution in [0.25, 0.3) is 0 Å². The summed E-state index contributed by atoms with van der Waals surface area (Å²) in [5.41, 5.74) is 7.83. The molecule has 4 heteroatoms. The van der Waals surface area contributed by atoms with E-state index in [0.717, 1.165) is 11.1 Å². The maximum Gasteiger partial charge on any atom is 0.130 e. The fourth-order valence-corrected chi connectivity index (χ4v) is 3.52. The summed E-state index contributed by atoms with van der Waals surface area (Å²) >= 11 is 6.09. The lowest BCUT2D eigenvalue weighted by Crippen LogP contribution is -2.38. The maximum atomic E-state index is 14.1. The van der Waals surface area contributed by atoms with E-state index in [2.05, 4.69) is 0 Å². The number of aliphatic hydroxyl groups is 1. The zero-order valence-electron chi connectivity index (χ0n) is 11.5. The molecule has 2 aromatic rings. The number of hydrogen-bond acceptors (Lipinski definition) is 2. The Hall–Kier alpha value is -1.42. The lowest BCUT2D eigenvalue weighted by atomic mass is 9.76. The molecule has 110 valence electrons. The highest BCUT2D eigenvalue weighted by molar-refractivity contribution is 6.31. The Balaban J connectivity index is 2.02. The average Bonchev–Trinajstić information content (AvgIpc) is 2.87. The Kier molecular flexibility index (Phi) is 3.74. The zero-order valence-corrected chi connectivity index (χ0v) is 12.3. The molecule has 21 heavy (non-hydrogen) atoms. The van der Waals surface area contributed by atoms with E-state index in [1.165, 1.54) is 12.1 Å². The molecular formula is C17H17ClFNO. The van der Waals surface area contributed by atoms with Crippen molar-refractivity contribution in [1.82, 2.24) is 0 Å². The third-order valence-corrected chi connectivity index (χ3v) is 4.79. The normalized spacial score (nSPS) is 17.5. The fraction of sp³-hybridized carbons (Fsp3) is 0.294. The van der Waals surface area contributed by atoms with Crippen LogP contribution in [0.5, 0.6) is 0 Å². The zero-order chi connectivity index (χ0) is 15.0. The highest BCUT2D eigenvalue weighted by Crippen LogP contribution is 2.47. The molecule has 0 spiro atoms. The summed E-state index contributed by atoms with van der Waals surface area (Å²) in [5.74, 6) is -0.487. The molecule has 2 nitrogen and oxygen atoms in total. The van der Waals surface area contributed by atoms with Crippen LogP contribution in [-0.4, -0.2) is 11.7 Å². The minimum atomic E-state index is -1.02. The Labute approximate surface area is 128 Å². The van der Waals surface area contributed by atoms with Crippen LogP contribution in [-0.2, 0) is 12.8 Å². The van der Waals surface area contributed by atoms with Crippen molar-refractivity contribution >= 4 is 11.6 Å². The van der Waals surface area contributed by atoms with Crippen LogP contribution in [0.1, 0.15) is 22.8 Å². The van der Waals surface area contributed by atoms with Crippen LogP contribution in [0.2, 0.25) is 5.02 Å². The van der Waals surface area contributed by atoms with Gasteiger partial charge in [-0.15, -0.1) is 0 Å². The predicted molar refractivity (Wildman–Crippen MR) is 81.7 cm³/mol. The van der Waals surface area contributed by atoms with Crippen LogP contribution in [0, 0.1) is 11.2 Å². The van der Waals surface area contributed by atoms with E-state index in [4.69, 9.17) is 17.3 Å². The predicted octanol–water partition coefficient (Wildman–Crippen LogP) is 3.26. The SMILES string of the molecule is NCC1(C(O)c2c(F)cccc2Cl)Cc2ccccc2C1. The largest absolute Gasteiger partial charge is 0.388 e. The van der Waals surface area contributed by atoms with E-state index >= 15 is 0 Å². The minimum absolute atomic E-state index is 0.150. The monoisotopic (exact) mass is 305 g/mol. The quantitative estimate of drug-likeness (QED) is 0.914. The van der Waals surface area contributed by atoms with Gasteiger partial charge in [0, 0.05) is 22.5 Å². The maximum absolute atomic E-state index is 14.1. The van der Waals surface area contributed by atoms with Crippen LogP contribution in [0.15, 0.2) is 42.5 Å². The van der Waals surface area contributed by atoms with Gasteiger partial charge in [-0.3, -0.25) is 0 Å². The first-order chi connectivity index (χ1) is 10.1. The van der Waals surface area contributed by atoms with Crippen molar-refractivity contribution in [2.75, 3.05) is 6.54 Å². The number of rotatable bonds is 3. The number of halogens is 2. The molecule has 1 aliphatic rings. The molecule has 0 amide bonds. The molecule has 0 saturated carbocycles. The van der Waals surface area contributed by atoms with Crippen LogP contribution < -0.4 is 5.73 Å². The minimum Gasteiger partial charge on any atom is -0.388 e. The van der Waals surface area contributed by atoms with Crippen molar-refractivity contribution in [3.63, 3.8) is 0 Å². The number of benzene rings is 2. The average molecular weight is 306 g/mol. The highest BCUT2D eigenvalue weighted by atomic mass is 35.5. The standard InChI is InChI=1S/C17H17ClFNO/c18-13-6-3-7-14(19)15(13)16(21)17(10-20)8-11-4-1-2-5-12(11)9-17/h1-7,16,21H,8-10,20H2. The first-order valence-electron chi connectivity index (χ1n) is 6.96. The number of aliphatic hydroxyl groups excluding tert-OH is 1. The lowest BCUT2D eigenvalue weighted by Gasteiger charge is -2.34. The molecule has 1 atom stereocenters. The van der Waals surface area contributed by atoms with Gasteiger partial charge < -0.3 is 10.8 Å². The van der Waals surface area contributed by atoms with E-state index in [1.807, 2.05) is 24.3 Å². The summed E-state index contributed by atoms with van der Waals surface area (Å²) in [7, 11) is 0. The molecule has 0 aromatic heterocycles. The highest BCUT2D eigenvalue weighted by Gasteiger charge is 2.44. The summed E-state index contributed by atoms with van der Waals surface area (Å²) in [4.78, 5) is 0. The Bertz CT molecular complexity index is 628. The molecule has 3 rings (SSSR count). The topological polar surface area (TPSA) is 46.2 Å². The van der Waals surface area contributed by atoms with Crippen molar-refractivity contribution in [1.29, 1.82) is 0 Å². The molecule has 0 bridgehead atoms. The van der Waals surface area contributed by atoms with Crippen LogP contribution in [0.4, 0.5) is 4.39 Å². The van der Waals surface area contributed by atoms with Crippen molar-refractivity contribution in [3.05, 3.63) is 70.0 Å². The third kappa shape index (κ3) is 2.35. The van der Waals surface area contributed by atoms with E-state index in [-0.39, 0.29) is 17.1 Å². The van der Waals surface area contributed by atoms with Crippen molar-refractivity contribution in [3.8, 4) is 0 Å². The van der Waals surface area contributed by atoms with Gasteiger partial charge in [0.1, 0.15) is 5.82 Å². The van der Waals surface area contributed by atoms with Crippen molar-refractivity contribution in [2.45, 2.75) is 18.9 Å². The number of hydrogen-bond donors (Lipinski definition) is 2. The molecule has 2 aromatic carbocycles. The number of fused-ring (bicyclic) bond motifs is 1. The molecule has 0 saturated heterocycles. The van der Waals surface area contributed by atoms with Gasteiger partial charge in [0.2, 0.25) is 0 Å². The molecule has 1 aliphatic carbocycles. The molecule has 0 heterocycles. The van der Waals surface area contributed by atoms with Crippen molar-refractivity contribution < 1.29 is 9.50 Å². The van der Waals surface area contributed by atoms with Gasteiger partial charge in [-0.05, 0) is 36.1 Å². The second kappa shape index (κ2) is 5.41. The Morgan fingerprint density at radius 2 is 1.76 bits per heavy atom. The van der Waals surface area contributed by atoms with Gasteiger partial charge in [-0.25, -0.2) is 4.39 Å². The first kappa shape index (κ1) is 14.5. The van der Waals surface area contributed by atoms with E-state index < -0.39 is 17.3 Å². The summed E-state index contributed by atoms with van der Waals surface area (Å²) in [6, 6.07) is 12.4. The fourth-order valence-electron chi connectivity index (χ4n) is 3.25. The van der Waals surface area contributed by atoms with Gasteiger partial charge in [-0.1, -0.05) is 41.9 Å². The summed E-state index contributed by atoms with van der Waals surface area (Å²) in [5, 5.41) is 11.0. The molecule has 0 fully saturated rings. The van der Waals surface area contributed by atoms with Crippen LogP contribution in [0.3, 0.4) is 0 Å². The second-order valence-electron chi connectivity index (χ2n) is 5.73. The van der Waals surface area contributed by atoms with Gasteiger partial charge in [-0.2, -0.15) is 0 Å². The Morgan fingerprint density at radius 1 is 1.14 bits per heavy atom. The summed E-state index contributed by atoms with van der Waals surface area (Å²) in [6.07, 6.45) is 0.236. The third-order valence-electron chi connectivity index (χ3n) is 4.46. The summed E-state index contributed by atoms with van der Waals surface area (Å²) in [6.45, 7) is 0.271. The van der Waals surface area contributed by atoms with E-state index in [1.54, 1.807) is 6.07 Å². The summed E-state index contributed by atoms with van der Waals surface area (Å²) < 4.78 is 14.1. The second-order valence-corrected chi connectivity index (χ2v) is 6.13. The van der Waals surface area contributed by atoms with Gasteiger partial charge >= 0.3 is 0 Å². The number of nitrogens with two attached hydrogens (primary N) is 1. The van der Waals surface area contributed by atoms with Crippen molar-refractivity contribution in [2.24, 2.45) is 11.1 Å². The van der Waals surface area contributed by atoms with E-state index in [9.17, 15) is 9.50 Å². The van der Waals surface area contributed by atoms with Gasteiger partial charge in [0.25, 0.3) is 0 Å². The first-order valence-corrected chi connectivity index (χ1v) is 7.34. The molecule has 1 unspecified atom stereocenters.